The maximum Gasteiger partial charge on any atom is 0.325 e. The molecule has 90 valence electrons. The first-order valence-corrected chi connectivity index (χ1v) is 7.87. The molecule has 1 aliphatic carbocycles. The lowest BCUT2D eigenvalue weighted by Gasteiger charge is -2.30. The third kappa shape index (κ3) is 5.14. The summed E-state index contributed by atoms with van der Waals surface area (Å²) in [6, 6.07) is 0. The second-order valence-electron chi connectivity index (χ2n) is 4.79. The average Bonchev–Trinajstić information content (AvgIpc) is 2.17. The maximum atomic E-state index is 11.1. The lowest BCUT2D eigenvalue weighted by Crippen LogP contribution is -2.21. The molecule has 3 nitrogen and oxygen atoms in total. The van der Waals surface area contributed by atoms with Crippen molar-refractivity contribution >= 4 is 7.60 Å². The van der Waals surface area contributed by atoms with Gasteiger partial charge < -0.3 is 9.79 Å². The Bertz CT molecular complexity index is 218. The molecule has 0 spiro atoms. The van der Waals surface area contributed by atoms with Crippen LogP contribution in [0.4, 0.5) is 0 Å². The first kappa shape index (κ1) is 13.2. The van der Waals surface area contributed by atoms with Crippen LogP contribution in [0.2, 0.25) is 0 Å². The van der Waals surface area contributed by atoms with Crippen molar-refractivity contribution in [3.63, 3.8) is 0 Å². The third-order valence-corrected chi connectivity index (χ3v) is 4.39. The van der Waals surface area contributed by atoms with Crippen molar-refractivity contribution in [1.82, 2.24) is 0 Å². The normalized spacial score (nSPS) is 21.5. The highest BCUT2D eigenvalue weighted by atomic mass is 31.2. The molecule has 1 fully saturated rings. The summed E-state index contributed by atoms with van der Waals surface area (Å²) in [5.41, 5.74) is 0. The van der Waals surface area contributed by atoms with Gasteiger partial charge in [-0.15, -0.1) is 0 Å². The highest BCUT2D eigenvalue weighted by Gasteiger charge is 2.28. The fraction of sp³-hybridized carbons (Fsp3) is 1.00. The van der Waals surface area contributed by atoms with Crippen molar-refractivity contribution in [2.45, 2.75) is 51.9 Å². The van der Waals surface area contributed by atoms with Crippen molar-refractivity contribution in [3.05, 3.63) is 0 Å². The summed E-state index contributed by atoms with van der Waals surface area (Å²) in [4.78, 5) is 18.1. The Morgan fingerprint density at radius 3 is 2.33 bits per heavy atom. The van der Waals surface area contributed by atoms with Crippen molar-refractivity contribution < 1.29 is 14.4 Å². The monoisotopic (exact) mass is 234 g/mol. The Morgan fingerprint density at radius 2 is 1.87 bits per heavy atom. The Hall–Kier alpha value is 0.150. The molecule has 0 aliphatic heterocycles. The van der Waals surface area contributed by atoms with Gasteiger partial charge in [0.15, 0.2) is 0 Å². The molecular weight excluding hydrogens is 211 g/mol. The molecule has 0 aromatic carbocycles. The standard InChI is InChI=1S/C11H23O3P/c1-2-6-11(9-15(12,13)14)10-7-4-3-5-8-10/h10-11H,2-9H2,1H3,(H2,12,13,14). The second-order valence-corrected chi connectivity index (χ2v) is 6.49. The fourth-order valence-corrected chi connectivity index (χ4v) is 3.85. The van der Waals surface area contributed by atoms with Crippen LogP contribution in [0.5, 0.6) is 0 Å². The van der Waals surface area contributed by atoms with E-state index in [9.17, 15) is 4.57 Å². The SMILES string of the molecule is CCCC(CP(=O)(O)O)C1CCCCC1. The van der Waals surface area contributed by atoms with E-state index in [0.29, 0.717) is 5.92 Å². The predicted molar refractivity (Wildman–Crippen MR) is 61.9 cm³/mol. The van der Waals surface area contributed by atoms with Crippen LogP contribution in [0.1, 0.15) is 51.9 Å². The summed E-state index contributed by atoms with van der Waals surface area (Å²) >= 11 is 0. The van der Waals surface area contributed by atoms with Crippen LogP contribution in [-0.4, -0.2) is 15.9 Å². The van der Waals surface area contributed by atoms with E-state index < -0.39 is 7.60 Å². The molecule has 0 bridgehead atoms. The molecule has 0 heterocycles. The van der Waals surface area contributed by atoms with E-state index in [1.165, 1.54) is 32.1 Å². The van der Waals surface area contributed by atoms with E-state index >= 15 is 0 Å². The number of hydrogen-bond acceptors (Lipinski definition) is 1. The van der Waals surface area contributed by atoms with Gasteiger partial charge in [-0.3, -0.25) is 4.57 Å². The third-order valence-electron chi connectivity index (χ3n) is 3.45. The molecule has 0 saturated heterocycles. The molecule has 1 unspecified atom stereocenters. The molecule has 0 radical (unpaired) electrons. The van der Waals surface area contributed by atoms with Crippen LogP contribution in [0.15, 0.2) is 0 Å². The number of rotatable bonds is 5. The molecule has 0 aromatic rings. The quantitative estimate of drug-likeness (QED) is 0.718. The number of hydrogen-bond donors (Lipinski definition) is 2. The Morgan fingerprint density at radius 1 is 1.27 bits per heavy atom. The van der Waals surface area contributed by atoms with Crippen molar-refractivity contribution in [1.29, 1.82) is 0 Å². The van der Waals surface area contributed by atoms with E-state index in [4.69, 9.17) is 9.79 Å². The van der Waals surface area contributed by atoms with Gasteiger partial charge in [0.25, 0.3) is 0 Å². The molecule has 1 aliphatic rings. The van der Waals surface area contributed by atoms with Crippen LogP contribution < -0.4 is 0 Å². The molecule has 1 rings (SSSR count). The van der Waals surface area contributed by atoms with Gasteiger partial charge in [-0.25, -0.2) is 0 Å². The zero-order valence-electron chi connectivity index (χ0n) is 9.56. The van der Waals surface area contributed by atoms with Gasteiger partial charge in [-0.1, -0.05) is 45.4 Å². The fourth-order valence-electron chi connectivity index (χ4n) is 2.76. The summed E-state index contributed by atoms with van der Waals surface area (Å²) in [5.74, 6) is 0.808. The van der Waals surface area contributed by atoms with Gasteiger partial charge in [0.2, 0.25) is 0 Å². The van der Waals surface area contributed by atoms with Crippen LogP contribution in [-0.2, 0) is 4.57 Å². The Kier molecular flexibility index (Phi) is 5.31. The minimum atomic E-state index is -3.82. The largest absolute Gasteiger partial charge is 0.325 e. The van der Waals surface area contributed by atoms with Crippen molar-refractivity contribution in [2.24, 2.45) is 11.8 Å². The predicted octanol–water partition coefficient (Wildman–Crippen LogP) is 3.16. The molecule has 0 amide bonds. The first-order chi connectivity index (χ1) is 7.03. The summed E-state index contributed by atoms with van der Waals surface area (Å²) < 4.78 is 11.1. The van der Waals surface area contributed by atoms with E-state index in [1.807, 2.05) is 0 Å². The minimum Gasteiger partial charge on any atom is -0.324 e. The lowest BCUT2D eigenvalue weighted by atomic mass is 9.79. The average molecular weight is 234 g/mol. The van der Waals surface area contributed by atoms with Gasteiger partial charge in [0.1, 0.15) is 0 Å². The Balaban J connectivity index is 2.51. The van der Waals surface area contributed by atoms with Crippen LogP contribution in [0, 0.1) is 11.8 Å². The minimum absolute atomic E-state index is 0.103. The zero-order valence-corrected chi connectivity index (χ0v) is 10.5. The Labute approximate surface area is 92.4 Å². The molecule has 4 heteroatoms. The lowest BCUT2D eigenvalue weighted by molar-refractivity contribution is 0.241. The topological polar surface area (TPSA) is 57.5 Å². The summed E-state index contributed by atoms with van der Waals surface area (Å²) in [7, 11) is -3.82. The highest BCUT2D eigenvalue weighted by Crippen LogP contribution is 2.43. The van der Waals surface area contributed by atoms with Crippen molar-refractivity contribution in [2.75, 3.05) is 6.16 Å². The highest BCUT2D eigenvalue weighted by molar-refractivity contribution is 7.51. The summed E-state index contributed by atoms with van der Waals surface area (Å²) in [6.07, 6.45) is 8.22. The molecular formula is C11H23O3P. The van der Waals surface area contributed by atoms with Gasteiger partial charge >= 0.3 is 7.60 Å². The smallest absolute Gasteiger partial charge is 0.324 e. The van der Waals surface area contributed by atoms with Crippen LogP contribution in [0.3, 0.4) is 0 Å². The van der Waals surface area contributed by atoms with Gasteiger partial charge in [-0.05, 0) is 18.3 Å². The molecule has 1 atom stereocenters. The summed E-state index contributed by atoms with van der Waals surface area (Å²) in [5, 5.41) is 0. The second kappa shape index (κ2) is 6.03. The van der Waals surface area contributed by atoms with E-state index in [-0.39, 0.29) is 12.1 Å². The first-order valence-electron chi connectivity index (χ1n) is 6.07. The summed E-state index contributed by atoms with van der Waals surface area (Å²) in [6.45, 7) is 2.09. The molecule has 15 heavy (non-hydrogen) atoms. The van der Waals surface area contributed by atoms with Crippen LogP contribution in [0.25, 0.3) is 0 Å². The van der Waals surface area contributed by atoms with Gasteiger partial charge in [0.05, 0.1) is 6.16 Å². The maximum absolute atomic E-state index is 11.1. The van der Waals surface area contributed by atoms with Gasteiger partial charge in [0, 0.05) is 0 Å². The van der Waals surface area contributed by atoms with Crippen LogP contribution >= 0.6 is 7.60 Å². The van der Waals surface area contributed by atoms with Gasteiger partial charge in [-0.2, -0.15) is 0 Å². The van der Waals surface area contributed by atoms with Crippen molar-refractivity contribution in [3.8, 4) is 0 Å². The molecule has 0 aromatic heterocycles. The zero-order chi connectivity index (χ0) is 11.3. The molecule has 2 N–H and O–H groups in total. The molecule has 1 saturated carbocycles. The van der Waals surface area contributed by atoms with E-state index in [2.05, 4.69) is 6.92 Å². The van der Waals surface area contributed by atoms with E-state index in [0.717, 1.165) is 12.8 Å². The van der Waals surface area contributed by atoms with E-state index in [1.54, 1.807) is 0 Å².